The van der Waals surface area contributed by atoms with E-state index < -0.39 is 5.97 Å². The molecule has 0 rings (SSSR count). The Bertz CT molecular complexity index is 315. The average molecular weight is 383 g/mol. The van der Waals surface area contributed by atoms with E-state index in [-0.39, 0.29) is 0 Å². The Balaban J connectivity index is 2.99. The van der Waals surface area contributed by atoms with Crippen LogP contribution in [-0.2, 0) is 9.59 Å². The second-order valence-electron chi connectivity index (χ2n) is 8.17. The molecule has 1 N–H and O–H groups in total. The van der Waals surface area contributed by atoms with Gasteiger partial charge in [0.05, 0.1) is 0 Å². The van der Waals surface area contributed by atoms with Gasteiger partial charge in [-0.15, -0.1) is 0 Å². The van der Waals surface area contributed by atoms with Crippen LogP contribution >= 0.6 is 0 Å². The number of rotatable bonds is 23. The number of carbonyl (C=O) groups is 2. The van der Waals surface area contributed by atoms with Gasteiger partial charge in [0.15, 0.2) is 0 Å². The zero-order valence-electron chi connectivity index (χ0n) is 17.9. The molecule has 0 aromatic heterocycles. The van der Waals surface area contributed by atoms with Crippen molar-refractivity contribution in [3.63, 3.8) is 0 Å². The van der Waals surface area contributed by atoms with Gasteiger partial charge in [-0.2, -0.15) is 0 Å². The summed E-state index contributed by atoms with van der Waals surface area (Å²) in [7, 11) is 0. The fourth-order valence-electron chi connectivity index (χ4n) is 3.69. The Labute approximate surface area is 168 Å². The predicted octanol–water partition coefficient (Wildman–Crippen LogP) is 7.85. The summed E-state index contributed by atoms with van der Waals surface area (Å²) in [5, 5.41) is 8.57. The predicted molar refractivity (Wildman–Crippen MR) is 115 cm³/mol. The fraction of sp³-hybridized carbons (Fsp3) is 0.917. The summed E-state index contributed by atoms with van der Waals surface area (Å²) in [6, 6.07) is 0. The molecule has 0 bridgehead atoms. The summed E-state index contributed by atoms with van der Waals surface area (Å²) in [6.07, 6.45) is 28.1. The first-order chi connectivity index (χ1) is 13.3. The van der Waals surface area contributed by atoms with E-state index in [0.717, 1.165) is 32.0 Å². The van der Waals surface area contributed by atoms with Crippen molar-refractivity contribution in [1.29, 1.82) is 0 Å². The van der Waals surface area contributed by atoms with E-state index in [1.807, 2.05) is 0 Å². The first-order valence-corrected chi connectivity index (χ1v) is 11.9. The third-order valence-corrected chi connectivity index (χ3v) is 5.46. The second-order valence-corrected chi connectivity index (χ2v) is 8.17. The van der Waals surface area contributed by atoms with Gasteiger partial charge in [0.1, 0.15) is 6.29 Å². The van der Waals surface area contributed by atoms with Crippen LogP contribution in [0.15, 0.2) is 0 Å². The van der Waals surface area contributed by atoms with Crippen LogP contribution in [0.2, 0.25) is 0 Å². The smallest absolute Gasteiger partial charge is 0.303 e. The molecule has 0 aromatic rings. The first-order valence-electron chi connectivity index (χ1n) is 11.9. The molecule has 27 heavy (non-hydrogen) atoms. The van der Waals surface area contributed by atoms with E-state index >= 15 is 0 Å². The summed E-state index contributed by atoms with van der Waals surface area (Å²) in [4.78, 5) is 20.6. The van der Waals surface area contributed by atoms with Crippen molar-refractivity contribution in [3.8, 4) is 0 Å². The van der Waals surface area contributed by atoms with Gasteiger partial charge in [0.25, 0.3) is 0 Å². The molecule has 0 unspecified atom stereocenters. The Morgan fingerprint density at radius 2 is 0.741 bits per heavy atom. The molecule has 0 atom stereocenters. The highest BCUT2D eigenvalue weighted by molar-refractivity contribution is 5.66. The van der Waals surface area contributed by atoms with Gasteiger partial charge in [0, 0.05) is 12.8 Å². The highest BCUT2D eigenvalue weighted by Gasteiger charge is 1.97. The number of hydrogen-bond acceptors (Lipinski definition) is 2. The molecule has 0 fully saturated rings. The van der Waals surface area contributed by atoms with Crippen molar-refractivity contribution >= 4 is 12.3 Å². The Morgan fingerprint density at radius 1 is 0.481 bits per heavy atom. The van der Waals surface area contributed by atoms with Gasteiger partial charge in [-0.1, -0.05) is 116 Å². The van der Waals surface area contributed by atoms with Gasteiger partial charge in [-0.05, 0) is 12.8 Å². The van der Waals surface area contributed by atoms with Gasteiger partial charge < -0.3 is 9.90 Å². The van der Waals surface area contributed by atoms with E-state index in [4.69, 9.17) is 5.11 Å². The molecular weight excluding hydrogens is 336 g/mol. The van der Waals surface area contributed by atoms with E-state index in [2.05, 4.69) is 0 Å². The minimum Gasteiger partial charge on any atom is -0.481 e. The Hall–Kier alpha value is -0.860. The molecule has 0 aliphatic rings. The number of hydrogen-bond donors (Lipinski definition) is 1. The van der Waals surface area contributed by atoms with Crippen molar-refractivity contribution < 1.29 is 14.7 Å². The lowest BCUT2D eigenvalue weighted by molar-refractivity contribution is -0.137. The van der Waals surface area contributed by atoms with Crippen molar-refractivity contribution in [2.24, 2.45) is 0 Å². The summed E-state index contributed by atoms with van der Waals surface area (Å²) in [6.45, 7) is 0. The van der Waals surface area contributed by atoms with Crippen LogP contribution in [0.3, 0.4) is 0 Å². The maximum absolute atomic E-state index is 10.4. The second kappa shape index (κ2) is 23.2. The molecule has 0 aromatic carbocycles. The van der Waals surface area contributed by atoms with Crippen LogP contribution < -0.4 is 0 Å². The zero-order chi connectivity index (χ0) is 19.8. The molecule has 0 saturated carbocycles. The van der Waals surface area contributed by atoms with E-state index in [0.29, 0.717) is 6.42 Å². The highest BCUT2D eigenvalue weighted by atomic mass is 16.4. The Morgan fingerprint density at radius 3 is 1.00 bits per heavy atom. The van der Waals surface area contributed by atoms with Crippen LogP contribution in [0.4, 0.5) is 0 Å². The highest BCUT2D eigenvalue weighted by Crippen LogP contribution is 2.15. The number of aliphatic carboxylic acids is 1. The summed E-state index contributed by atoms with van der Waals surface area (Å²) < 4.78 is 0. The van der Waals surface area contributed by atoms with Gasteiger partial charge in [0.2, 0.25) is 0 Å². The molecule has 0 aliphatic carbocycles. The van der Waals surface area contributed by atoms with Crippen LogP contribution in [0, 0.1) is 0 Å². The third-order valence-electron chi connectivity index (χ3n) is 5.46. The van der Waals surface area contributed by atoms with E-state index in [1.54, 1.807) is 0 Å². The number of aldehydes is 1. The molecule has 0 aliphatic heterocycles. The van der Waals surface area contributed by atoms with E-state index in [1.165, 1.54) is 109 Å². The number of unbranched alkanes of at least 4 members (excludes halogenated alkanes) is 20. The molecule has 0 saturated heterocycles. The van der Waals surface area contributed by atoms with Gasteiger partial charge in [-0.3, -0.25) is 4.79 Å². The van der Waals surface area contributed by atoms with Crippen LogP contribution in [-0.4, -0.2) is 17.4 Å². The minimum atomic E-state index is -0.659. The van der Waals surface area contributed by atoms with Gasteiger partial charge >= 0.3 is 5.97 Å². The first kappa shape index (κ1) is 26.1. The van der Waals surface area contributed by atoms with Crippen LogP contribution in [0.25, 0.3) is 0 Å². The van der Waals surface area contributed by atoms with Crippen LogP contribution in [0.1, 0.15) is 141 Å². The maximum atomic E-state index is 10.4. The van der Waals surface area contributed by atoms with Crippen LogP contribution in [0.5, 0.6) is 0 Å². The lowest BCUT2D eigenvalue weighted by Crippen LogP contribution is -1.93. The number of carboxylic acid groups (broad SMARTS) is 1. The van der Waals surface area contributed by atoms with Gasteiger partial charge in [-0.25, -0.2) is 0 Å². The number of carboxylic acids is 1. The van der Waals surface area contributed by atoms with Crippen molar-refractivity contribution in [2.75, 3.05) is 0 Å². The summed E-state index contributed by atoms with van der Waals surface area (Å²) in [5.74, 6) is -0.659. The lowest BCUT2D eigenvalue weighted by Gasteiger charge is -2.04. The molecule has 0 spiro atoms. The zero-order valence-corrected chi connectivity index (χ0v) is 17.9. The van der Waals surface area contributed by atoms with E-state index in [9.17, 15) is 9.59 Å². The molecule has 0 radical (unpaired) electrons. The summed E-state index contributed by atoms with van der Waals surface area (Å²) in [5.41, 5.74) is 0. The minimum absolute atomic E-state index is 0.337. The molecule has 160 valence electrons. The monoisotopic (exact) mass is 382 g/mol. The molecule has 3 heteroatoms. The number of carbonyl (C=O) groups excluding carboxylic acids is 1. The van der Waals surface area contributed by atoms with Crippen molar-refractivity contribution in [2.45, 2.75) is 141 Å². The Kier molecular flexibility index (Phi) is 22.4. The molecule has 0 heterocycles. The maximum Gasteiger partial charge on any atom is 0.303 e. The third kappa shape index (κ3) is 25.1. The lowest BCUT2D eigenvalue weighted by atomic mass is 10.0. The summed E-state index contributed by atoms with van der Waals surface area (Å²) >= 11 is 0. The largest absolute Gasteiger partial charge is 0.481 e. The molecule has 0 amide bonds. The van der Waals surface area contributed by atoms with Crippen molar-refractivity contribution in [1.82, 2.24) is 0 Å². The van der Waals surface area contributed by atoms with Crippen molar-refractivity contribution in [3.05, 3.63) is 0 Å². The molecular formula is C24H46O3. The topological polar surface area (TPSA) is 54.4 Å². The molecule has 3 nitrogen and oxygen atoms in total. The quantitative estimate of drug-likeness (QED) is 0.144. The fourth-order valence-corrected chi connectivity index (χ4v) is 3.69. The SMILES string of the molecule is O=CCCCCCCCCCCCCCCCCCCCCCCC(=O)O. The average Bonchev–Trinajstić information content (AvgIpc) is 2.65. The standard InChI is InChI=1S/C24H46O3/c25-23-21-19-17-15-13-11-9-7-5-3-1-2-4-6-8-10-12-14-16-18-20-22-24(26)27/h23H,1-22H2,(H,26,27). The normalized spacial score (nSPS) is 11.0.